The van der Waals surface area contributed by atoms with E-state index in [1.165, 1.54) is 12.1 Å². The highest BCUT2D eigenvalue weighted by molar-refractivity contribution is 5.70. The first-order valence-corrected chi connectivity index (χ1v) is 10.5. The van der Waals surface area contributed by atoms with Gasteiger partial charge in [-0.15, -0.1) is 5.10 Å². The first-order chi connectivity index (χ1) is 16.0. The molecule has 2 unspecified atom stereocenters. The first kappa shape index (κ1) is 21.4. The fourth-order valence-corrected chi connectivity index (χ4v) is 4.19. The molecule has 0 amide bonds. The molecule has 8 nitrogen and oxygen atoms in total. The van der Waals surface area contributed by atoms with Crippen LogP contribution in [0.3, 0.4) is 0 Å². The summed E-state index contributed by atoms with van der Waals surface area (Å²) in [7, 11) is 0. The molecule has 2 saturated heterocycles. The van der Waals surface area contributed by atoms with Crippen molar-refractivity contribution >= 4 is 17.6 Å². The van der Waals surface area contributed by atoms with Crippen LogP contribution in [0.4, 0.5) is 30.8 Å². The lowest BCUT2D eigenvalue weighted by atomic mass is 10.0. The zero-order valence-corrected chi connectivity index (χ0v) is 17.7. The van der Waals surface area contributed by atoms with Crippen LogP contribution in [-0.4, -0.2) is 53.1 Å². The summed E-state index contributed by atoms with van der Waals surface area (Å²) in [6.45, 7) is 1.88. The molecule has 11 heteroatoms. The molecule has 2 aliphatic heterocycles. The predicted molar refractivity (Wildman–Crippen MR) is 114 cm³/mol. The molecule has 0 spiro atoms. The Balaban J connectivity index is 1.36. The van der Waals surface area contributed by atoms with Gasteiger partial charge in [-0.3, -0.25) is 0 Å². The van der Waals surface area contributed by atoms with E-state index in [1.807, 2.05) is 4.90 Å². The van der Waals surface area contributed by atoms with Crippen LogP contribution in [0.2, 0.25) is 0 Å². The lowest BCUT2D eigenvalue weighted by Crippen LogP contribution is -2.24. The molecule has 0 radical (unpaired) electrons. The number of hydrogen-bond acceptors (Lipinski definition) is 8. The number of hydrogen-bond donors (Lipinski definition) is 1. The molecule has 1 aromatic carbocycles. The van der Waals surface area contributed by atoms with Gasteiger partial charge in [-0.1, -0.05) is 12.1 Å². The van der Waals surface area contributed by atoms with E-state index < -0.39 is 12.4 Å². The molecule has 0 saturated carbocycles. The average molecular weight is 458 g/mol. The van der Waals surface area contributed by atoms with E-state index in [9.17, 15) is 13.2 Å². The summed E-state index contributed by atoms with van der Waals surface area (Å²) in [6, 6.07) is 7.87. The normalized spacial score (nSPS) is 19.7. The van der Waals surface area contributed by atoms with Crippen LogP contribution >= 0.6 is 0 Å². The van der Waals surface area contributed by atoms with E-state index in [4.69, 9.17) is 4.74 Å². The van der Waals surface area contributed by atoms with Gasteiger partial charge in [-0.05, 0) is 30.7 Å². The van der Waals surface area contributed by atoms with Gasteiger partial charge in [0.1, 0.15) is 5.75 Å². The first-order valence-electron chi connectivity index (χ1n) is 10.5. The minimum atomic E-state index is -2.89. The summed E-state index contributed by atoms with van der Waals surface area (Å²) in [5.74, 6) is 1.06. The minimum Gasteiger partial charge on any atom is -0.435 e. The molecule has 3 aromatic rings. The molecule has 33 heavy (non-hydrogen) atoms. The Labute approximate surface area is 187 Å². The molecule has 2 fully saturated rings. The summed E-state index contributed by atoms with van der Waals surface area (Å²) in [6.07, 6.45) is 1.14. The van der Waals surface area contributed by atoms with Gasteiger partial charge in [0.25, 0.3) is 0 Å². The zero-order valence-electron chi connectivity index (χ0n) is 17.7. The lowest BCUT2D eigenvalue weighted by molar-refractivity contribution is -0.0498. The van der Waals surface area contributed by atoms with Crippen LogP contribution in [0, 0.1) is 24.6 Å². The lowest BCUT2D eigenvalue weighted by Gasteiger charge is -2.18. The van der Waals surface area contributed by atoms with Gasteiger partial charge in [0.2, 0.25) is 5.95 Å². The van der Waals surface area contributed by atoms with Gasteiger partial charge < -0.3 is 19.7 Å². The Kier molecular flexibility index (Phi) is 5.71. The second kappa shape index (κ2) is 8.81. The Morgan fingerprint density at radius 1 is 1.12 bits per heavy atom. The van der Waals surface area contributed by atoms with E-state index in [2.05, 4.69) is 30.2 Å². The number of ether oxygens (including phenoxy) is 2. The molecule has 172 valence electrons. The fourth-order valence-electron chi connectivity index (χ4n) is 4.19. The van der Waals surface area contributed by atoms with Crippen molar-refractivity contribution in [3.8, 4) is 16.9 Å². The van der Waals surface area contributed by atoms with E-state index in [-0.39, 0.29) is 11.6 Å². The van der Waals surface area contributed by atoms with Crippen LogP contribution in [-0.2, 0) is 4.74 Å². The molecule has 0 bridgehead atoms. The predicted octanol–water partition coefficient (Wildman–Crippen LogP) is 3.81. The van der Waals surface area contributed by atoms with Gasteiger partial charge in [-0.25, -0.2) is 9.37 Å². The molecule has 0 aliphatic carbocycles. The SMILES string of the molecule is Cc1nnc(Nc2nc(N3CC4COCC4C3)ncc2F)cc1-c1ccc(OC(F)F)cc1. The number of fused-ring (bicyclic) bond motifs is 1. The number of benzene rings is 1. The number of alkyl halides is 2. The molecular weight excluding hydrogens is 437 g/mol. The van der Waals surface area contributed by atoms with E-state index >= 15 is 0 Å². The van der Waals surface area contributed by atoms with Gasteiger partial charge >= 0.3 is 6.61 Å². The van der Waals surface area contributed by atoms with Crippen LogP contribution < -0.4 is 15.0 Å². The quantitative estimate of drug-likeness (QED) is 0.597. The van der Waals surface area contributed by atoms with Gasteiger partial charge in [0, 0.05) is 30.5 Å². The van der Waals surface area contributed by atoms with Crippen molar-refractivity contribution in [1.29, 1.82) is 0 Å². The van der Waals surface area contributed by atoms with Crippen LogP contribution in [0.5, 0.6) is 5.75 Å². The summed E-state index contributed by atoms with van der Waals surface area (Å²) in [5.41, 5.74) is 2.05. The highest BCUT2D eigenvalue weighted by atomic mass is 19.3. The largest absolute Gasteiger partial charge is 0.435 e. The Hall–Kier alpha value is -3.47. The number of aromatic nitrogens is 4. The molecular formula is C22H21F3N6O2. The molecule has 2 atom stereocenters. The third-order valence-corrected chi connectivity index (χ3v) is 5.87. The van der Waals surface area contributed by atoms with Crippen molar-refractivity contribution in [1.82, 2.24) is 20.2 Å². The van der Waals surface area contributed by atoms with Crippen molar-refractivity contribution in [3.05, 3.63) is 48.0 Å². The second-order valence-electron chi connectivity index (χ2n) is 8.09. The number of anilines is 3. The zero-order chi connectivity index (χ0) is 22.9. The minimum absolute atomic E-state index is 0.00176. The number of rotatable bonds is 6. The highest BCUT2D eigenvalue weighted by Gasteiger charge is 2.38. The third kappa shape index (κ3) is 4.54. The molecule has 4 heterocycles. The third-order valence-electron chi connectivity index (χ3n) is 5.87. The maximum Gasteiger partial charge on any atom is 0.387 e. The molecule has 5 rings (SSSR count). The Morgan fingerprint density at radius 3 is 2.55 bits per heavy atom. The topological polar surface area (TPSA) is 85.3 Å². The van der Waals surface area contributed by atoms with Crippen molar-refractivity contribution in [2.75, 3.05) is 36.5 Å². The van der Waals surface area contributed by atoms with Gasteiger partial charge in [0.05, 0.1) is 25.1 Å². The molecule has 1 N–H and O–H groups in total. The standard InChI is InChI=1S/C22H21F3N6O2/c1-12-17(13-2-4-16(5-3-13)33-21(24)25)6-19(30-29-12)27-20-18(23)7-26-22(28-20)31-8-14-10-32-11-15(14)9-31/h2-7,14-15,21H,8-11H2,1H3,(H,26,27,28,30). The summed E-state index contributed by atoms with van der Waals surface area (Å²) in [4.78, 5) is 10.6. The number of nitrogens with zero attached hydrogens (tertiary/aromatic N) is 5. The Morgan fingerprint density at radius 2 is 1.85 bits per heavy atom. The summed E-state index contributed by atoms with van der Waals surface area (Å²) >= 11 is 0. The summed E-state index contributed by atoms with van der Waals surface area (Å²) in [5, 5.41) is 11.1. The smallest absolute Gasteiger partial charge is 0.387 e. The van der Waals surface area contributed by atoms with Crippen LogP contribution in [0.15, 0.2) is 36.5 Å². The highest BCUT2D eigenvalue weighted by Crippen LogP contribution is 2.32. The van der Waals surface area contributed by atoms with Crippen molar-refractivity contribution < 1.29 is 22.6 Å². The van der Waals surface area contributed by atoms with Crippen molar-refractivity contribution in [3.63, 3.8) is 0 Å². The number of aryl methyl sites for hydroxylation is 1. The second-order valence-corrected chi connectivity index (χ2v) is 8.09. The van der Waals surface area contributed by atoms with Crippen molar-refractivity contribution in [2.24, 2.45) is 11.8 Å². The van der Waals surface area contributed by atoms with Gasteiger partial charge in [-0.2, -0.15) is 18.9 Å². The van der Waals surface area contributed by atoms with Crippen molar-refractivity contribution in [2.45, 2.75) is 13.5 Å². The average Bonchev–Trinajstić information content (AvgIpc) is 3.39. The molecule has 2 aliphatic rings. The van der Waals surface area contributed by atoms with E-state index in [0.29, 0.717) is 34.9 Å². The molecule has 2 aromatic heterocycles. The summed E-state index contributed by atoms with van der Waals surface area (Å²) < 4.78 is 49.1. The fraction of sp³-hybridized carbons (Fsp3) is 0.364. The van der Waals surface area contributed by atoms with Crippen LogP contribution in [0.1, 0.15) is 5.69 Å². The van der Waals surface area contributed by atoms with Crippen LogP contribution in [0.25, 0.3) is 11.1 Å². The van der Waals surface area contributed by atoms with Gasteiger partial charge in [0.15, 0.2) is 17.5 Å². The Bertz CT molecular complexity index is 1140. The monoisotopic (exact) mass is 458 g/mol. The maximum atomic E-state index is 14.5. The maximum absolute atomic E-state index is 14.5. The number of nitrogens with one attached hydrogen (secondary N) is 1. The number of halogens is 3. The van der Waals surface area contributed by atoms with E-state index in [0.717, 1.165) is 38.1 Å². The van der Waals surface area contributed by atoms with E-state index in [1.54, 1.807) is 25.1 Å².